The number of carbonyl (C=O) groups excluding carboxylic acids is 2. The summed E-state index contributed by atoms with van der Waals surface area (Å²) >= 11 is 0. The largest absolute Gasteiger partial charge is 0.462 e. The predicted molar refractivity (Wildman–Crippen MR) is 147 cm³/mol. The molecule has 0 bridgehead atoms. The van der Waals surface area contributed by atoms with Gasteiger partial charge in [-0.2, -0.15) is 0 Å². The average molecular weight is 491 g/mol. The number of benzene rings is 4. The number of ether oxygens (including phenoxy) is 2. The second kappa shape index (κ2) is 9.70. The summed E-state index contributed by atoms with van der Waals surface area (Å²) in [4.78, 5) is 25.2. The number of hydrogen-bond donors (Lipinski definition) is 0. The Bertz CT molecular complexity index is 1400. The lowest BCUT2D eigenvalue weighted by atomic mass is 9.80. The Labute approximate surface area is 217 Å². The predicted octanol–water partition coefficient (Wildman–Crippen LogP) is 7.68. The summed E-state index contributed by atoms with van der Waals surface area (Å²) in [5.74, 6) is -0.628. The monoisotopic (exact) mass is 490 g/mol. The van der Waals surface area contributed by atoms with Gasteiger partial charge in [0.1, 0.15) is 0 Å². The quantitative estimate of drug-likeness (QED) is 0.260. The summed E-state index contributed by atoms with van der Waals surface area (Å²) < 4.78 is 10.6. The third-order valence-corrected chi connectivity index (χ3v) is 7.14. The topological polar surface area (TPSA) is 52.6 Å². The van der Waals surface area contributed by atoms with Crippen LogP contribution in [0.1, 0.15) is 59.5 Å². The number of rotatable bonds is 6. The van der Waals surface area contributed by atoms with E-state index in [1.165, 1.54) is 22.3 Å². The first-order valence-electron chi connectivity index (χ1n) is 12.7. The van der Waals surface area contributed by atoms with Gasteiger partial charge in [-0.3, -0.25) is 0 Å². The molecule has 0 saturated carbocycles. The van der Waals surface area contributed by atoms with Gasteiger partial charge in [-0.15, -0.1) is 0 Å². The molecular weight excluding hydrogens is 460 g/mol. The molecule has 0 amide bonds. The maximum atomic E-state index is 12.6. The van der Waals surface area contributed by atoms with Gasteiger partial charge in [0.15, 0.2) is 0 Å². The second-order valence-corrected chi connectivity index (χ2v) is 9.68. The first-order chi connectivity index (χ1) is 17.9. The molecule has 0 radical (unpaired) electrons. The normalized spacial score (nSPS) is 13.0. The molecule has 4 heteroatoms. The molecule has 0 saturated heterocycles. The van der Waals surface area contributed by atoms with Crippen LogP contribution >= 0.6 is 0 Å². The molecular formula is C33H30O4. The first kappa shape index (κ1) is 24.5. The molecule has 4 nitrogen and oxygen atoms in total. The Balaban J connectivity index is 1.59. The third kappa shape index (κ3) is 4.23. The number of esters is 2. The molecule has 0 spiro atoms. The van der Waals surface area contributed by atoms with Crippen molar-refractivity contribution in [2.45, 2.75) is 33.1 Å². The molecule has 4 aromatic carbocycles. The third-order valence-electron chi connectivity index (χ3n) is 7.14. The summed E-state index contributed by atoms with van der Waals surface area (Å²) in [5.41, 5.74) is 9.32. The minimum absolute atomic E-state index is 0.269. The highest BCUT2D eigenvalue weighted by atomic mass is 16.5. The van der Waals surface area contributed by atoms with Crippen molar-refractivity contribution < 1.29 is 19.1 Å². The SMILES string of the molecule is CCOC(=O)c1ccccc1-c1ccc2c(c1)C(C)(C)c1cc(-c3ccccc3C(=O)OCC)ccc1-2. The van der Waals surface area contributed by atoms with Gasteiger partial charge < -0.3 is 9.47 Å². The lowest BCUT2D eigenvalue weighted by Gasteiger charge is -2.23. The van der Waals surface area contributed by atoms with Crippen LogP contribution in [0.2, 0.25) is 0 Å². The molecule has 1 aliphatic carbocycles. The standard InChI is InChI=1S/C33H30O4/c1-5-36-31(34)27-13-9-7-11-23(27)21-15-17-25-26-18-16-22(20-30(26)33(3,4)29(25)19-21)24-12-8-10-14-28(24)32(35)37-6-2/h7-20H,5-6H2,1-4H3. The van der Waals surface area contributed by atoms with Gasteiger partial charge in [-0.05, 0) is 82.6 Å². The Morgan fingerprint density at radius 3 is 1.41 bits per heavy atom. The van der Waals surface area contributed by atoms with Crippen molar-refractivity contribution in [3.63, 3.8) is 0 Å². The molecule has 186 valence electrons. The van der Waals surface area contributed by atoms with Gasteiger partial charge >= 0.3 is 11.9 Å². The molecule has 0 fully saturated rings. The smallest absolute Gasteiger partial charge is 0.338 e. The number of fused-ring (bicyclic) bond motifs is 3. The Hall–Kier alpha value is -4.18. The minimum Gasteiger partial charge on any atom is -0.462 e. The zero-order valence-electron chi connectivity index (χ0n) is 21.6. The Kier molecular flexibility index (Phi) is 6.43. The second-order valence-electron chi connectivity index (χ2n) is 9.68. The summed E-state index contributed by atoms with van der Waals surface area (Å²) in [5, 5.41) is 0. The summed E-state index contributed by atoms with van der Waals surface area (Å²) in [6.45, 7) is 8.74. The highest BCUT2D eigenvalue weighted by molar-refractivity contribution is 5.99. The van der Waals surface area contributed by atoms with Crippen molar-refractivity contribution in [1.29, 1.82) is 0 Å². The summed E-state index contributed by atoms with van der Waals surface area (Å²) in [6.07, 6.45) is 0. The fraction of sp³-hybridized carbons (Fsp3) is 0.212. The molecule has 0 aromatic heterocycles. The van der Waals surface area contributed by atoms with Gasteiger partial charge in [0.25, 0.3) is 0 Å². The van der Waals surface area contributed by atoms with E-state index in [0.717, 1.165) is 22.3 Å². The average Bonchev–Trinajstić information content (AvgIpc) is 3.14. The van der Waals surface area contributed by atoms with Crippen LogP contribution in [0.4, 0.5) is 0 Å². The lowest BCUT2D eigenvalue weighted by Crippen LogP contribution is -2.15. The van der Waals surface area contributed by atoms with Crippen LogP contribution in [-0.2, 0) is 14.9 Å². The molecule has 0 atom stereocenters. The van der Waals surface area contributed by atoms with E-state index < -0.39 is 0 Å². The minimum atomic E-state index is -0.314. The van der Waals surface area contributed by atoms with Crippen LogP contribution in [0.5, 0.6) is 0 Å². The number of carbonyl (C=O) groups is 2. The van der Waals surface area contributed by atoms with Crippen molar-refractivity contribution in [2.24, 2.45) is 0 Å². The van der Waals surface area contributed by atoms with Crippen LogP contribution in [0.25, 0.3) is 33.4 Å². The van der Waals surface area contributed by atoms with E-state index in [4.69, 9.17) is 9.47 Å². The zero-order chi connectivity index (χ0) is 26.2. The fourth-order valence-electron chi connectivity index (χ4n) is 5.32. The van der Waals surface area contributed by atoms with Crippen LogP contribution in [0.15, 0.2) is 84.9 Å². The van der Waals surface area contributed by atoms with E-state index in [1.807, 2.05) is 62.4 Å². The zero-order valence-corrected chi connectivity index (χ0v) is 21.6. The van der Waals surface area contributed by atoms with E-state index in [1.54, 1.807) is 0 Å². The summed E-state index contributed by atoms with van der Waals surface area (Å²) in [6, 6.07) is 28.0. The molecule has 0 unspecified atom stereocenters. The Morgan fingerprint density at radius 1 is 0.595 bits per heavy atom. The van der Waals surface area contributed by atoms with E-state index in [0.29, 0.717) is 24.3 Å². The van der Waals surface area contributed by atoms with Gasteiger partial charge in [0, 0.05) is 5.41 Å². The van der Waals surface area contributed by atoms with Crippen molar-refractivity contribution in [3.8, 4) is 33.4 Å². The molecule has 0 heterocycles. The van der Waals surface area contributed by atoms with E-state index >= 15 is 0 Å². The molecule has 0 N–H and O–H groups in total. The lowest BCUT2D eigenvalue weighted by molar-refractivity contribution is 0.0517. The van der Waals surface area contributed by atoms with E-state index in [-0.39, 0.29) is 17.4 Å². The number of hydrogen-bond acceptors (Lipinski definition) is 4. The van der Waals surface area contributed by atoms with Gasteiger partial charge in [-0.25, -0.2) is 9.59 Å². The highest BCUT2D eigenvalue weighted by Crippen LogP contribution is 2.50. The molecule has 5 rings (SSSR count). The molecule has 1 aliphatic rings. The maximum Gasteiger partial charge on any atom is 0.338 e. The fourth-order valence-corrected chi connectivity index (χ4v) is 5.32. The van der Waals surface area contributed by atoms with Gasteiger partial charge in [0.05, 0.1) is 24.3 Å². The maximum absolute atomic E-state index is 12.6. The first-order valence-corrected chi connectivity index (χ1v) is 12.7. The van der Waals surface area contributed by atoms with Crippen molar-refractivity contribution in [3.05, 3.63) is 107 Å². The van der Waals surface area contributed by atoms with Crippen LogP contribution < -0.4 is 0 Å². The van der Waals surface area contributed by atoms with Crippen LogP contribution in [-0.4, -0.2) is 25.2 Å². The van der Waals surface area contributed by atoms with Crippen molar-refractivity contribution >= 4 is 11.9 Å². The van der Waals surface area contributed by atoms with Gasteiger partial charge in [-0.1, -0.05) is 74.5 Å². The van der Waals surface area contributed by atoms with Crippen LogP contribution in [0.3, 0.4) is 0 Å². The Morgan fingerprint density at radius 2 is 1.00 bits per heavy atom. The molecule has 4 aromatic rings. The van der Waals surface area contributed by atoms with E-state index in [9.17, 15) is 9.59 Å². The van der Waals surface area contributed by atoms with E-state index in [2.05, 4.69) is 50.2 Å². The summed E-state index contributed by atoms with van der Waals surface area (Å²) in [7, 11) is 0. The van der Waals surface area contributed by atoms with Crippen LogP contribution in [0, 0.1) is 0 Å². The van der Waals surface area contributed by atoms with Crippen molar-refractivity contribution in [2.75, 3.05) is 13.2 Å². The van der Waals surface area contributed by atoms with Gasteiger partial charge in [0.2, 0.25) is 0 Å². The molecule has 37 heavy (non-hydrogen) atoms. The highest BCUT2D eigenvalue weighted by Gasteiger charge is 2.36. The van der Waals surface area contributed by atoms with Crippen molar-refractivity contribution in [1.82, 2.24) is 0 Å². The molecule has 0 aliphatic heterocycles.